The highest BCUT2D eigenvalue weighted by Crippen LogP contribution is 2.26. The summed E-state index contributed by atoms with van der Waals surface area (Å²) in [5, 5.41) is 7.51. The van der Waals surface area contributed by atoms with E-state index in [1.807, 2.05) is 0 Å². The lowest BCUT2D eigenvalue weighted by Gasteiger charge is -2.16. The minimum Gasteiger partial charge on any atom is -0.449 e. The third kappa shape index (κ3) is 1.99. The summed E-state index contributed by atoms with van der Waals surface area (Å²) in [5.41, 5.74) is 1.58. The summed E-state index contributed by atoms with van der Waals surface area (Å²) in [5.74, 6) is 0.892. The molecule has 2 heterocycles. The van der Waals surface area contributed by atoms with Crippen LogP contribution in [-0.2, 0) is 10.0 Å². The van der Waals surface area contributed by atoms with Gasteiger partial charge in [-0.25, -0.2) is 13.4 Å². The summed E-state index contributed by atoms with van der Waals surface area (Å²) in [6, 6.07) is 4.97. The van der Waals surface area contributed by atoms with Crippen molar-refractivity contribution in [1.29, 1.82) is 0 Å². The molecule has 0 aromatic heterocycles. The molecule has 7 nitrogen and oxygen atoms in total. The van der Waals surface area contributed by atoms with Gasteiger partial charge in [0.05, 0.1) is 18.1 Å². The second-order valence-corrected chi connectivity index (χ2v) is 6.14. The lowest BCUT2D eigenvalue weighted by molar-refractivity contribution is 0.600. The lowest BCUT2D eigenvalue weighted by atomic mass is 10.2. The van der Waals surface area contributed by atoms with Crippen LogP contribution in [0, 0.1) is 0 Å². The number of anilines is 1. The first-order valence-corrected chi connectivity index (χ1v) is 7.26. The smallest absolute Gasteiger partial charge is 0.231 e. The summed E-state index contributed by atoms with van der Waals surface area (Å²) in [7, 11) is -1.83. The minimum atomic E-state index is -3.31. The van der Waals surface area contributed by atoms with Gasteiger partial charge in [0, 0.05) is 13.1 Å². The van der Waals surface area contributed by atoms with E-state index in [2.05, 4.69) is 15.2 Å². The Morgan fingerprint density at radius 2 is 2.11 bits per heavy atom. The normalized spacial score (nSPS) is 12.1. The predicted molar refractivity (Wildman–Crippen MR) is 69.5 cm³/mol. The fraction of sp³-hybridized carbons (Fsp3) is 0.182. The van der Waals surface area contributed by atoms with E-state index in [-0.39, 0.29) is 0 Å². The molecular formula is C11H10N4O3S. The van der Waals surface area contributed by atoms with E-state index in [1.165, 1.54) is 17.5 Å². The van der Waals surface area contributed by atoms with Crippen molar-refractivity contribution in [2.24, 2.45) is 0 Å². The number of rotatable bonds is 2. The van der Waals surface area contributed by atoms with Crippen molar-refractivity contribution in [3.63, 3.8) is 0 Å². The molecule has 0 atom stereocenters. The van der Waals surface area contributed by atoms with Crippen LogP contribution in [-0.4, -0.2) is 36.9 Å². The van der Waals surface area contributed by atoms with Crippen LogP contribution in [0.5, 0.6) is 0 Å². The van der Waals surface area contributed by atoms with Crippen LogP contribution in [0.4, 0.5) is 5.69 Å². The standard InChI is InChI=1S/C11H10N4O3S/c1-15(19(2,16)17)7-3-4-8-9(5-7)18-10-6-12-14-11(10)13-8/h3-6H,1-2H3. The van der Waals surface area contributed by atoms with Crippen molar-refractivity contribution in [3.05, 3.63) is 24.4 Å². The predicted octanol–water partition coefficient (Wildman–Crippen LogP) is 1.12. The number of hydrogen-bond donors (Lipinski definition) is 0. The van der Waals surface area contributed by atoms with Gasteiger partial charge in [0.1, 0.15) is 5.52 Å². The highest BCUT2D eigenvalue weighted by molar-refractivity contribution is 7.92. The maximum Gasteiger partial charge on any atom is 0.231 e. The molecule has 1 aromatic rings. The Morgan fingerprint density at radius 3 is 2.84 bits per heavy atom. The molecular weight excluding hydrogens is 268 g/mol. The number of sulfonamides is 1. The molecule has 0 radical (unpaired) electrons. The zero-order chi connectivity index (χ0) is 13.6. The molecule has 8 heteroatoms. The molecule has 0 spiro atoms. The maximum absolute atomic E-state index is 11.5. The van der Waals surface area contributed by atoms with Crippen molar-refractivity contribution in [2.45, 2.75) is 0 Å². The monoisotopic (exact) mass is 278 g/mol. The molecule has 0 bridgehead atoms. The number of hydrogen-bond acceptors (Lipinski definition) is 6. The van der Waals surface area contributed by atoms with Crippen LogP contribution in [0.25, 0.3) is 22.7 Å². The first-order chi connectivity index (χ1) is 8.95. The molecule has 0 fully saturated rings. The molecule has 98 valence electrons. The molecule has 19 heavy (non-hydrogen) atoms. The Hall–Kier alpha value is -2.22. The van der Waals surface area contributed by atoms with E-state index in [1.54, 1.807) is 18.2 Å². The van der Waals surface area contributed by atoms with Crippen LogP contribution in [0.2, 0.25) is 0 Å². The molecule has 0 amide bonds. The first kappa shape index (κ1) is 11.8. The second kappa shape index (κ2) is 3.89. The van der Waals surface area contributed by atoms with Gasteiger partial charge in [0.2, 0.25) is 15.8 Å². The van der Waals surface area contributed by atoms with Crippen molar-refractivity contribution in [1.82, 2.24) is 15.2 Å². The molecule has 2 aliphatic heterocycles. The zero-order valence-electron chi connectivity index (χ0n) is 10.2. The molecule has 0 unspecified atom stereocenters. The van der Waals surface area contributed by atoms with Crippen LogP contribution in [0.3, 0.4) is 0 Å². The minimum absolute atomic E-state index is 0.428. The van der Waals surface area contributed by atoms with E-state index in [0.29, 0.717) is 28.4 Å². The number of fused-ring (bicyclic) bond motifs is 2. The van der Waals surface area contributed by atoms with Gasteiger partial charge in [-0.3, -0.25) is 4.31 Å². The Kier molecular flexibility index (Phi) is 2.42. The number of nitrogens with zero attached hydrogens (tertiary/aromatic N) is 4. The van der Waals surface area contributed by atoms with Gasteiger partial charge in [0.15, 0.2) is 11.3 Å². The average molecular weight is 278 g/mol. The topological polar surface area (TPSA) is 89.2 Å². The molecule has 0 saturated heterocycles. The summed E-state index contributed by atoms with van der Waals surface area (Å²) in [6.07, 6.45) is 2.61. The largest absolute Gasteiger partial charge is 0.449 e. The van der Waals surface area contributed by atoms with E-state index in [9.17, 15) is 8.42 Å². The van der Waals surface area contributed by atoms with Gasteiger partial charge in [-0.05, 0) is 12.1 Å². The van der Waals surface area contributed by atoms with Gasteiger partial charge in [0.25, 0.3) is 0 Å². The Morgan fingerprint density at radius 1 is 1.32 bits per heavy atom. The molecule has 0 aliphatic carbocycles. The van der Waals surface area contributed by atoms with Gasteiger partial charge >= 0.3 is 0 Å². The highest BCUT2D eigenvalue weighted by atomic mass is 32.2. The van der Waals surface area contributed by atoms with Crippen molar-refractivity contribution >= 4 is 26.8 Å². The summed E-state index contributed by atoms with van der Waals surface area (Å²) < 4.78 is 29.8. The van der Waals surface area contributed by atoms with Crippen molar-refractivity contribution in [2.75, 3.05) is 17.6 Å². The van der Waals surface area contributed by atoms with Crippen molar-refractivity contribution in [3.8, 4) is 11.6 Å². The highest BCUT2D eigenvalue weighted by Gasteiger charge is 2.15. The quantitative estimate of drug-likeness (QED) is 0.697. The zero-order valence-corrected chi connectivity index (χ0v) is 11.0. The van der Waals surface area contributed by atoms with Gasteiger partial charge in [-0.15, -0.1) is 5.10 Å². The van der Waals surface area contributed by atoms with E-state index in [0.717, 1.165) is 6.26 Å². The van der Waals surface area contributed by atoms with Crippen LogP contribution in [0.1, 0.15) is 0 Å². The fourth-order valence-corrected chi connectivity index (χ4v) is 2.19. The van der Waals surface area contributed by atoms with Crippen LogP contribution < -0.4 is 4.31 Å². The van der Waals surface area contributed by atoms with Crippen LogP contribution in [0.15, 0.2) is 28.8 Å². The Labute approximate surface area is 109 Å². The molecule has 3 rings (SSSR count). The molecule has 2 aliphatic rings. The van der Waals surface area contributed by atoms with Gasteiger partial charge < -0.3 is 4.42 Å². The lowest BCUT2D eigenvalue weighted by Crippen LogP contribution is -2.24. The SMILES string of the molecule is CN(c1ccc2nc3nncc-3oc2c1)S(C)(=O)=O. The number of aromatic nitrogens is 3. The third-order valence-electron chi connectivity index (χ3n) is 2.80. The summed E-state index contributed by atoms with van der Waals surface area (Å²) in [4.78, 5) is 4.26. The van der Waals surface area contributed by atoms with E-state index in [4.69, 9.17) is 4.42 Å². The first-order valence-electron chi connectivity index (χ1n) is 5.41. The summed E-state index contributed by atoms with van der Waals surface area (Å²) >= 11 is 0. The van der Waals surface area contributed by atoms with Crippen LogP contribution >= 0.6 is 0 Å². The number of benzene rings is 1. The average Bonchev–Trinajstić information content (AvgIpc) is 2.80. The Bertz CT molecular complexity index is 827. The third-order valence-corrected chi connectivity index (χ3v) is 4.00. The van der Waals surface area contributed by atoms with E-state index < -0.39 is 10.0 Å². The molecule has 1 aromatic carbocycles. The van der Waals surface area contributed by atoms with Crippen molar-refractivity contribution < 1.29 is 12.8 Å². The van der Waals surface area contributed by atoms with Gasteiger partial charge in [-0.2, -0.15) is 5.10 Å². The maximum atomic E-state index is 11.5. The fourth-order valence-electron chi connectivity index (χ4n) is 1.69. The Balaban J connectivity index is 2.21. The molecule has 0 saturated carbocycles. The summed E-state index contributed by atoms with van der Waals surface area (Å²) in [6.45, 7) is 0. The molecule has 0 N–H and O–H groups in total. The van der Waals surface area contributed by atoms with Gasteiger partial charge in [-0.1, -0.05) is 0 Å². The second-order valence-electron chi connectivity index (χ2n) is 4.13. The van der Waals surface area contributed by atoms with E-state index >= 15 is 0 Å².